The van der Waals surface area contributed by atoms with Crippen molar-refractivity contribution in [3.05, 3.63) is 47.6 Å². The van der Waals surface area contributed by atoms with Gasteiger partial charge in [0.2, 0.25) is 11.7 Å². The summed E-state index contributed by atoms with van der Waals surface area (Å²) in [5.41, 5.74) is 1.02. The van der Waals surface area contributed by atoms with E-state index in [1.54, 1.807) is 7.11 Å². The highest BCUT2D eigenvalue weighted by molar-refractivity contribution is 5.22. The molecule has 1 N–H and O–H groups in total. The summed E-state index contributed by atoms with van der Waals surface area (Å²) >= 11 is 0. The predicted molar refractivity (Wildman–Crippen MR) is 81.1 cm³/mol. The van der Waals surface area contributed by atoms with Gasteiger partial charge >= 0.3 is 0 Å². The Hall–Kier alpha value is -1.72. The normalized spacial score (nSPS) is 14.0. The molecule has 1 aromatic carbocycles. The van der Waals surface area contributed by atoms with Crippen LogP contribution in [-0.4, -0.2) is 30.3 Å². The van der Waals surface area contributed by atoms with E-state index in [2.05, 4.69) is 22.4 Å². The van der Waals surface area contributed by atoms with Crippen LogP contribution in [0.15, 0.2) is 34.9 Å². The third kappa shape index (κ3) is 4.12. The Morgan fingerprint density at radius 1 is 1.29 bits per heavy atom. The largest absolute Gasteiger partial charge is 0.369 e. The topological polar surface area (TPSA) is 60.2 Å². The van der Waals surface area contributed by atoms with Crippen LogP contribution >= 0.6 is 0 Å². The first-order valence-corrected chi connectivity index (χ1v) is 7.36. The molecule has 2 aromatic rings. The van der Waals surface area contributed by atoms with Crippen molar-refractivity contribution in [2.24, 2.45) is 0 Å². The van der Waals surface area contributed by atoms with E-state index in [9.17, 15) is 0 Å². The molecule has 0 amide bonds. The summed E-state index contributed by atoms with van der Waals surface area (Å²) in [6.45, 7) is 2.17. The smallest absolute Gasteiger partial charge is 0.228 e. The molecule has 0 spiro atoms. The van der Waals surface area contributed by atoms with E-state index in [-0.39, 0.29) is 6.10 Å². The van der Waals surface area contributed by atoms with Crippen molar-refractivity contribution in [2.75, 3.05) is 14.2 Å². The molecule has 21 heavy (non-hydrogen) atoms. The molecular weight excluding hydrogens is 266 g/mol. The summed E-state index contributed by atoms with van der Waals surface area (Å²) in [6, 6.07) is 10.3. The summed E-state index contributed by atoms with van der Waals surface area (Å²) in [5.74, 6) is 1.22. The van der Waals surface area contributed by atoms with Crippen LogP contribution in [0.5, 0.6) is 0 Å². The molecule has 0 aliphatic rings. The van der Waals surface area contributed by atoms with E-state index in [1.165, 1.54) is 0 Å². The van der Waals surface area contributed by atoms with E-state index in [0.717, 1.165) is 24.8 Å². The Labute approximate surface area is 125 Å². The van der Waals surface area contributed by atoms with Crippen molar-refractivity contribution in [3.63, 3.8) is 0 Å². The molecule has 0 fully saturated rings. The number of rotatable bonds is 8. The average Bonchev–Trinajstić information content (AvgIpc) is 2.97. The van der Waals surface area contributed by atoms with E-state index >= 15 is 0 Å². The highest BCUT2D eigenvalue weighted by Gasteiger charge is 2.20. The minimum Gasteiger partial charge on any atom is -0.369 e. The zero-order chi connectivity index (χ0) is 15.1. The number of benzene rings is 1. The first-order valence-electron chi connectivity index (χ1n) is 7.36. The summed E-state index contributed by atoms with van der Waals surface area (Å²) in [5, 5.41) is 7.35. The third-order valence-corrected chi connectivity index (χ3v) is 3.52. The highest BCUT2D eigenvalue weighted by Crippen LogP contribution is 2.23. The van der Waals surface area contributed by atoms with E-state index in [4.69, 9.17) is 9.26 Å². The van der Waals surface area contributed by atoms with Gasteiger partial charge in [-0.1, -0.05) is 48.8 Å². The van der Waals surface area contributed by atoms with Gasteiger partial charge in [0.1, 0.15) is 6.10 Å². The summed E-state index contributed by atoms with van der Waals surface area (Å²) in [6.07, 6.45) is 2.66. The van der Waals surface area contributed by atoms with Crippen molar-refractivity contribution in [2.45, 2.75) is 38.3 Å². The van der Waals surface area contributed by atoms with E-state index < -0.39 is 0 Å². The molecule has 0 saturated carbocycles. The minimum atomic E-state index is -0.289. The molecule has 5 heteroatoms. The van der Waals surface area contributed by atoms with Crippen molar-refractivity contribution >= 4 is 0 Å². The molecule has 2 unspecified atom stereocenters. The predicted octanol–water partition coefficient (Wildman–Crippen LogP) is 2.74. The average molecular weight is 289 g/mol. The molecule has 1 heterocycles. The van der Waals surface area contributed by atoms with Crippen LogP contribution in [0.25, 0.3) is 0 Å². The van der Waals surface area contributed by atoms with Crippen LogP contribution in [0.4, 0.5) is 0 Å². The van der Waals surface area contributed by atoms with Crippen molar-refractivity contribution in [1.82, 2.24) is 15.5 Å². The number of ether oxygens (including phenoxy) is 1. The van der Waals surface area contributed by atoms with Crippen LogP contribution in [-0.2, 0) is 11.2 Å². The number of hydrogen-bond acceptors (Lipinski definition) is 5. The first-order chi connectivity index (χ1) is 10.3. The van der Waals surface area contributed by atoms with Gasteiger partial charge in [-0.15, -0.1) is 0 Å². The van der Waals surface area contributed by atoms with Gasteiger partial charge in [0.25, 0.3) is 0 Å². The molecule has 0 radical (unpaired) electrons. The Morgan fingerprint density at radius 3 is 2.67 bits per heavy atom. The fourth-order valence-corrected chi connectivity index (χ4v) is 2.38. The number of nitrogens with one attached hydrogen (secondary N) is 1. The SMILES string of the molecule is CCCC(Cc1nc(C(OC)c2ccccc2)no1)NC. The summed E-state index contributed by atoms with van der Waals surface area (Å²) in [4.78, 5) is 4.49. The van der Waals surface area contributed by atoms with Gasteiger partial charge in [-0.05, 0) is 19.0 Å². The fraction of sp³-hybridized carbons (Fsp3) is 0.500. The van der Waals surface area contributed by atoms with Crippen molar-refractivity contribution < 1.29 is 9.26 Å². The lowest BCUT2D eigenvalue weighted by molar-refractivity contribution is 0.126. The molecule has 0 aliphatic carbocycles. The number of nitrogens with zero attached hydrogens (tertiary/aromatic N) is 2. The second kappa shape index (κ2) is 7.90. The van der Waals surface area contributed by atoms with Crippen LogP contribution in [0.3, 0.4) is 0 Å². The van der Waals surface area contributed by atoms with Gasteiger partial charge in [0.15, 0.2) is 0 Å². The molecular formula is C16H23N3O2. The quantitative estimate of drug-likeness (QED) is 0.809. The van der Waals surface area contributed by atoms with Crippen molar-refractivity contribution in [1.29, 1.82) is 0 Å². The fourth-order valence-electron chi connectivity index (χ4n) is 2.38. The van der Waals surface area contributed by atoms with Gasteiger partial charge < -0.3 is 14.6 Å². The lowest BCUT2D eigenvalue weighted by atomic mass is 10.1. The van der Waals surface area contributed by atoms with Crippen LogP contribution in [0.2, 0.25) is 0 Å². The Balaban J connectivity index is 2.11. The van der Waals surface area contributed by atoms with Crippen LogP contribution in [0, 0.1) is 0 Å². The van der Waals surface area contributed by atoms with E-state index in [0.29, 0.717) is 17.8 Å². The maximum atomic E-state index is 5.51. The molecule has 0 bridgehead atoms. The Morgan fingerprint density at radius 2 is 2.05 bits per heavy atom. The Bertz CT molecular complexity index is 527. The van der Waals surface area contributed by atoms with Crippen LogP contribution < -0.4 is 5.32 Å². The minimum absolute atomic E-state index is 0.289. The monoisotopic (exact) mass is 289 g/mol. The zero-order valence-electron chi connectivity index (χ0n) is 12.9. The molecule has 0 saturated heterocycles. The number of methoxy groups -OCH3 is 1. The highest BCUT2D eigenvalue weighted by atomic mass is 16.5. The standard InChI is InChI=1S/C16H23N3O2/c1-4-8-13(17-2)11-14-18-16(19-21-14)15(20-3)12-9-6-5-7-10-12/h5-7,9-10,13,15,17H,4,8,11H2,1-3H3. The first kappa shape index (κ1) is 15.7. The van der Waals surface area contributed by atoms with Gasteiger partial charge in [0.05, 0.1) is 0 Å². The zero-order valence-corrected chi connectivity index (χ0v) is 12.9. The number of hydrogen-bond donors (Lipinski definition) is 1. The second-order valence-electron chi connectivity index (χ2n) is 5.05. The molecule has 5 nitrogen and oxygen atoms in total. The van der Waals surface area contributed by atoms with Gasteiger partial charge in [0, 0.05) is 19.6 Å². The van der Waals surface area contributed by atoms with Gasteiger partial charge in [-0.3, -0.25) is 0 Å². The van der Waals surface area contributed by atoms with E-state index in [1.807, 2.05) is 37.4 Å². The Kier molecular flexibility index (Phi) is 5.90. The van der Waals surface area contributed by atoms with Crippen molar-refractivity contribution in [3.8, 4) is 0 Å². The lowest BCUT2D eigenvalue weighted by Crippen LogP contribution is -2.27. The molecule has 0 aliphatic heterocycles. The molecule has 2 atom stereocenters. The molecule has 1 aromatic heterocycles. The van der Waals surface area contributed by atoms with Gasteiger partial charge in [-0.25, -0.2) is 0 Å². The van der Waals surface area contributed by atoms with Gasteiger partial charge in [-0.2, -0.15) is 4.98 Å². The maximum Gasteiger partial charge on any atom is 0.228 e. The third-order valence-electron chi connectivity index (χ3n) is 3.52. The summed E-state index contributed by atoms with van der Waals surface area (Å²) < 4.78 is 10.9. The summed E-state index contributed by atoms with van der Waals surface area (Å²) in [7, 11) is 3.61. The number of likely N-dealkylation sites (N-methyl/N-ethyl adjacent to an activating group) is 1. The molecule has 2 rings (SSSR count). The van der Waals surface area contributed by atoms with Crippen LogP contribution in [0.1, 0.15) is 43.1 Å². The maximum absolute atomic E-state index is 5.51. The molecule has 114 valence electrons. The lowest BCUT2D eigenvalue weighted by Gasteiger charge is -2.12. The number of aromatic nitrogens is 2. The second-order valence-corrected chi connectivity index (χ2v) is 5.05.